The molecule has 0 unspecified atom stereocenters. The molecule has 0 bridgehead atoms. The third kappa shape index (κ3) is 8.16. The van der Waals surface area contributed by atoms with Crippen LogP contribution in [-0.2, 0) is 10.2 Å². The summed E-state index contributed by atoms with van der Waals surface area (Å²) in [5.74, 6) is -1.00. The average molecular weight is 455 g/mol. The Morgan fingerprint density at radius 1 is 1.09 bits per heavy atom. The van der Waals surface area contributed by atoms with Gasteiger partial charge in [0.1, 0.15) is 18.2 Å². The molecule has 0 amide bonds. The number of carboxylic acids is 1. The van der Waals surface area contributed by atoms with Gasteiger partial charge in [-0.25, -0.2) is 4.39 Å². The maximum Gasteiger partial charge on any atom is 1.00 e. The first kappa shape index (κ1) is 28.6. The quantitative estimate of drug-likeness (QED) is 0.540. The Kier molecular flexibility index (Phi) is 10.9. The van der Waals surface area contributed by atoms with Crippen molar-refractivity contribution in [3.05, 3.63) is 53.3 Å². The normalized spacial score (nSPS) is 13.4. The van der Waals surface area contributed by atoms with Crippen molar-refractivity contribution in [1.29, 1.82) is 0 Å². The molecule has 2 aromatic rings. The molecule has 2 rings (SSSR count). The molecule has 0 aliphatic heterocycles. The second-order valence-corrected chi connectivity index (χ2v) is 9.28. The predicted octanol–water partition coefficient (Wildman–Crippen LogP) is 0.548. The Hall–Kier alpha value is -1.44. The summed E-state index contributed by atoms with van der Waals surface area (Å²) >= 11 is 0. The van der Waals surface area contributed by atoms with Gasteiger partial charge in [0.25, 0.3) is 0 Å². The molecule has 0 radical (unpaired) electrons. The summed E-state index contributed by atoms with van der Waals surface area (Å²) in [7, 11) is 0. The van der Waals surface area contributed by atoms with Crippen LogP contribution in [0.4, 0.5) is 4.39 Å². The van der Waals surface area contributed by atoms with Crippen LogP contribution in [0.3, 0.4) is 0 Å². The number of carboxylic acid groups (broad SMARTS) is 1. The molecule has 0 aliphatic carbocycles. The molecule has 5 nitrogen and oxygen atoms in total. The van der Waals surface area contributed by atoms with Crippen molar-refractivity contribution < 1.29 is 58.8 Å². The van der Waals surface area contributed by atoms with E-state index in [0.717, 1.165) is 22.3 Å². The molecule has 0 heterocycles. The fraction of sp³-hybridized carbons (Fsp3) is 0.480. The molecule has 0 spiro atoms. The molecular weight excluding hydrogens is 422 g/mol. The van der Waals surface area contributed by atoms with E-state index >= 15 is 0 Å². The minimum atomic E-state index is -1.38. The van der Waals surface area contributed by atoms with Gasteiger partial charge in [0, 0.05) is 24.4 Å². The van der Waals surface area contributed by atoms with Gasteiger partial charge in [-0.2, -0.15) is 0 Å². The maximum absolute atomic E-state index is 13.5. The van der Waals surface area contributed by atoms with E-state index < -0.39 is 24.6 Å². The molecule has 0 saturated carbocycles. The summed E-state index contributed by atoms with van der Waals surface area (Å²) < 4.78 is 19.5. The molecule has 0 aromatic heterocycles. The second-order valence-electron chi connectivity index (χ2n) is 9.28. The summed E-state index contributed by atoms with van der Waals surface area (Å²) in [6.45, 7) is 10.3. The molecule has 2 atom stereocenters. The molecule has 170 valence electrons. The zero-order chi connectivity index (χ0) is 23.3. The van der Waals surface area contributed by atoms with Crippen LogP contribution >= 0.6 is 0 Å². The topological polar surface area (TPSA) is 89.8 Å². The average Bonchev–Trinajstić information content (AvgIpc) is 2.64. The van der Waals surface area contributed by atoms with Crippen LogP contribution in [0.5, 0.6) is 5.75 Å². The molecule has 32 heavy (non-hydrogen) atoms. The molecule has 7 heteroatoms. The SMILES string of the molecule is CC(C)c1cc(C(C)(C)C)cc(-c2ccc(F)cc2)c1OC[C@@H](O)C[C@@H](O)CC(=O)[O-].[Na+]. The predicted molar refractivity (Wildman–Crippen MR) is 116 cm³/mol. The van der Waals surface area contributed by atoms with Crippen LogP contribution in [-0.4, -0.2) is 35.0 Å². The van der Waals surface area contributed by atoms with Gasteiger partial charge in [0.05, 0.1) is 12.2 Å². The molecule has 0 aliphatic rings. The van der Waals surface area contributed by atoms with Crippen molar-refractivity contribution in [2.75, 3.05) is 6.61 Å². The van der Waals surface area contributed by atoms with Crippen molar-refractivity contribution in [1.82, 2.24) is 0 Å². The van der Waals surface area contributed by atoms with E-state index in [2.05, 4.69) is 26.8 Å². The number of aliphatic carboxylic acids is 1. The van der Waals surface area contributed by atoms with Gasteiger partial charge in [-0.1, -0.05) is 52.8 Å². The monoisotopic (exact) mass is 454 g/mol. The summed E-state index contributed by atoms with van der Waals surface area (Å²) in [4.78, 5) is 10.6. The van der Waals surface area contributed by atoms with Gasteiger partial charge in [-0.3, -0.25) is 0 Å². The number of rotatable bonds is 9. The van der Waals surface area contributed by atoms with Gasteiger partial charge in [0.15, 0.2) is 0 Å². The van der Waals surface area contributed by atoms with Crippen molar-refractivity contribution in [3.63, 3.8) is 0 Å². The molecule has 2 N–H and O–H groups in total. The Balaban J connectivity index is 0.00000512. The van der Waals surface area contributed by atoms with E-state index in [0.29, 0.717) is 5.75 Å². The van der Waals surface area contributed by atoms with Crippen molar-refractivity contribution >= 4 is 5.97 Å². The van der Waals surface area contributed by atoms with E-state index in [4.69, 9.17) is 4.74 Å². The Morgan fingerprint density at radius 2 is 1.69 bits per heavy atom. The van der Waals surface area contributed by atoms with Crippen LogP contribution < -0.4 is 39.4 Å². The number of carbonyl (C=O) groups excluding carboxylic acids is 1. The van der Waals surface area contributed by atoms with Gasteiger partial charge >= 0.3 is 29.6 Å². The first-order chi connectivity index (χ1) is 14.4. The summed E-state index contributed by atoms with van der Waals surface area (Å²) in [5, 5.41) is 30.6. The zero-order valence-corrected chi connectivity index (χ0v) is 21.8. The number of hydrogen-bond acceptors (Lipinski definition) is 5. The molecule has 0 fully saturated rings. The van der Waals surface area contributed by atoms with E-state index in [-0.39, 0.29) is 59.7 Å². The largest absolute Gasteiger partial charge is 1.00 e. The summed E-state index contributed by atoms with van der Waals surface area (Å²) in [6, 6.07) is 10.3. The van der Waals surface area contributed by atoms with Crippen LogP contribution in [0.15, 0.2) is 36.4 Å². The number of halogens is 1. The number of aliphatic hydroxyl groups excluding tert-OH is 2. The van der Waals surface area contributed by atoms with Crippen molar-refractivity contribution in [3.8, 4) is 16.9 Å². The number of ether oxygens (including phenoxy) is 1. The maximum atomic E-state index is 13.5. The number of benzene rings is 2. The second kappa shape index (κ2) is 12.1. The van der Waals surface area contributed by atoms with E-state index in [1.54, 1.807) is 12.1 Å². The van der Waals surface area contributed by atoms with Crippen molar-refractivity contribution in [2.24, 2.45) is 0 Å². The Morgan fingerprint density at radius 3 is 2.19 bits per heavy atom. The van der Waals surface area contributed by atoms with Crippen LogP contribution in [0, 0.1) is 5.82 Å². The summed E-state index contributed by atoms with van der Waals surface area (Å²) in [5.41, 5.74) is 3.52. The van der Waals surface area contributed by atoms with E-state index in [1.807, 2.05) is 19.9 Å². The van der Waals surface area contributed by atoms with E-state index in [9.17, 15) is 24.5 Å². The number of hydrogen-bond donors (Lipinski definition) is 2. The number of aliphatic hydroxyl groups is 2. The Labute approximate surface area is 211 Å². The minimum absolute atomic E-state index is 0. The standard InChI is InChI=1S/C25H33FO5.Na/c1-15(2)21-10-17(25(3,4)5)11-22(16-6-8-18(26)9-7-16)24(21)31-14-20(28)12-19(27)13-23(29)30;/h6-11,15,19-20,27-28H,12-14H2,1-5H3,(H,29,30);/q;+1/p-1/t19-,20+;/m1./s1. The first-order valence-corrected chi connectivity index (χ1v) is 10.5. The smallest absolute Gasteiger partial charge is 0.550 e. The fourth-order valence-corrected chi connectivity index (χ4v) is 3.36. The van der Waals surface area contributed by atoms with Gasteiger partial charge < -0.3 is 24.9 Å². The number of carbonyl (C=O) groups is 1. The van der Waals surface area contributed by atoms with Gasteiger partial charge in [0.2, 0.25) is 0 Å². The van der Waals surface area contributed by atoms with Crippen LogP contribution in [0.1, 0.15) is 64.5 Å². The Bertz CT molecular complexity index is 890. The van der Waals surface area contributed by atoms with Crippen LogP contribution in [0.25, 0.3) is 11.1 Å². The zero-order valence-electron chi connectivity index (χ0n) is 19.8. The first-order valence-electron chi connectivity index (χ1n) is 10.5. The minimum Gasteiger partial charge on any atom is -0.550 e. The fourth-order valence-electron chi connectivity index (χ4n) is 3.36. The van der Waals surface area contributed by atoms with E-state index in [1.165, 1.54) is 12.1 Å². The molecule has 2 aromatic carbocycles. The van der Waals surface area contributed by atoms with Gasteiger partial charge in [-0.05, 0) is 46.2 Å². The summed E-state index contributed by atoms with van der Waals surface area (Å²) in [6.07, 6.45) is -2.96. The third-order valence-electron chi connectivity index (χ3n) is 5.13. The van der Waals surface area contributed by atoms with Crippen molar-refractivity contribution in [2.45, 2.75) is 71.0 Å². The van der Waals surface area contributed by atoms with Crippen LogP contribution in [0.2, 0.25) is 0 Å². The van der Waals surface area contributed by atoms with Gasteiger partial charge in [-0.15, -0.1) is 0 Å². The molecular formula is C25H32FNaO5. The molecule has 0 saturated heterocycles. The third-order valence-corrected chi connectivity index (χ3v) is 5.13.